The number of carbonyl (C=O) groups excluding carboxylic acids is 2. The number of aliphatic imine (C=N–C) groups is 1. The van der Waals surface area contributed by atoms with Gasteiger partial charge < -0.3 is 15.4 Å². The summed E-state index contributed by atoms with van der Waals surface area (Å²) in [5, 5.41) is 12.1. The Hall–Kier alpha value is -5.31. The molecule has 0 spiro atoms. The lowest BCUT2D eigenvalue weighted by atomic mass is 10.1. The Morgan fingerprint density at radius 3 is 2.29 bits per heavy atom. The van der Waals surface area contributed by atoms with Crippen molar-refractivity contribution < 1.29 is 19.5 Å². The van der Waals surface area contributed by atoms with Crippen molar-refractivity contribution in [3.63, 3.8) is 0 Å². The van der Waals surface area contributed by atoms with E-state index >= 15 is 0 Å². The van der Waals surface area contributed by atoms with Crippen LogP contribution in [0.4, 0.5) is 5.69 Å². The third-order valence-corrected chi connectivity index (χ3v) is 5.97. The number of anilines is 1. The molecule has 0 fully saturated rings. The van der Waals surface area contributed by atoms with Gasteiger partial charge in [-0.1, -0.05) is 60.7 Å². The van der Waals surface area contributed by atoms with Crippen molar-refractivity contribution in [3.8, 4) is 0 Å². The second-order valence-electron chi connectivity index (χ2n) is 8.57. The highest BCUT2D eigenvalue weighted by molar-refractivity contribution is 6.33. The Morgan fingerprint density at radius 2 is 1.66 bits per heavy atom. The summed E-state index contributed by atoms with van der Waals surface area (Å²) in [5.41, 5.74) is 3.28. The Bertz CT molecular complexity index is 1510. The van der Waals surface area contributed by atoms with Gasteiger partial charge in [-0.2, -0.15) is 0 Å². The first-order valence-electron chi connectivity index (χ1n) is 11.9. The maximum absolute atomic E-state index is 13.5. The average Bonchev–Trinajstić information content (AvgIpc) is 3.57. The summed E-state index contributed by atoms with van der Waals surface area (Å²) < 4.78 is 0. The van der Waals surface area contributed by atoms with Crippen molar-refractivity contribution in [2.45, 2.75) is 12.5 Å². The number of amides is 2. The van der Waals surface area contributed by atoms with Crippen molar-refractivity contribution in [1.82, 2.24) is 15.3 Å². The van der Waals surface area contributed by atoms with Gasteiger partial charge in [-0.15, -0.1) is 0 Å². The quantitative estimate of drug-likeness (QED) is 0.315. The minimum atomic E-state index is -1.16. The van der Waals surface area contributed by atoms with E-state index in [0.29, 0.717) is 22.9 Å². The van der Waals surface area contributed by atoms with E-state index in [4.69, 9.17) is 0 Å². The number of carbonyl (C=O) groups is 3. The lowest BCUT2D eigenvalue weighted by molar-refractivity contribution is -0.139. The first kappa shape index (κ1) is 24.4. The molecule has 3 aromatic carbocycles. The fraction of sp³-hybridized carbons (Fsp3) is 0.0690. The van der Waals surface area contributed by atoms with Crippen molar-refractivity contribution in [2.24, 2.45) is 4.99 Å². The zero-order valence-corrected chi connectivity index (χ0v) is 20.1. The zero-order chi connectivity index (χ0) is 26.5. The number of nitrogens with one attached hydrogen (secondary N) is 2. The molecule has 0 saturated heterocycles. The van der Waals surface area contributed by atoms with Gasteiger partial charge in [0.05, 0.1) is 12.0 Å². The standard InChI is InChI=1S/C29H23N5O4/c35-27(33-25(29(37)38)16-22-17-30-18-31-22)21-11-13-23(14-12-21)34-26(20-9-5-2-6-10-20)32-24(28(34)36)15-19-7-3-1-4-8-19/h1-15,17-18,25H,16H2,(H,30,31)(H,33,35)(H,37,38)/b24-15-. The Labute approximate surface area is 218 Å². The first-order chi connectivity index (χ1) is 18.5. The van der Waals surface area contributed by atoms with E-state index in [2.05, 4.69) is 20.3 Å². The van der Waals surface area contributed by atoms with E-state index in [1.54, 1.807) is 30.3 Å². The van der Waals surface area contributed by atoms with E-state index in [9.17, 15) is 19.5 Å². The van der Waals surface area contributed by atoms with Crippen LogP contribution in [0.15, 0.2) is 108 Å². The highest BCUT2D eigenvalue weighted by Crippen LogP contribution is 2.28. The summed E-state index contributed by atoms with van der Waals surface area (Å²) in [6.07, 6.45) is 4.76. The molecule has 1 aliphatic rings. The van der Waals surface area contributed by atoms with Crippen molar-refractivity contribution in [2.75, 3.05) is 4.90 Å². The van der Waals surface area contributed by atoms with Crippen LogP contribution in [0.1, 0.15) is 27.2 Å². The predicted molar refractivity (Wildman–Crippen MR) is 143 cm³/mol. The van der Waals surface area contributed by atoms with Gasteiger partial charge >= 0.3 is 5.97 Å². The van der Waals surface area contributed by atoms with Crippen LogP contribution in [0.25, 0.3) is 6.08 Å². The molecule has 9 heteroatoms. The average molecular weight is 506 g/mol. The molecule has 5 rings (SSSR count). The monoisotopic (exact) mass is 505 g/mol. The van der Waals surface area contributed by atoms with Crippen LogP contribution in [-0.4, -0.2) is 44.7 Å². The smallest absolute Gasteiger partial charge is 0.326 e. The molecule has 2 amide bonds. The summed E-state index contributed by atoms with van der Waals surface area (Å²) in [6, 6.07) is 24.1. The molecule has 4 aromatic rings. The Morgan fingerprint density at radius 1 is 0.974 bits per heavy atom. The highest BCUT2D eigenvalue weighted by atomic mass is 16.4. The number of hydrogen-bond donors (Lipinski definition) is 3. The largest absolute Gasteiger partial charge is 0.480 e. The summed E-state index contributed by atoms with van der Waals surface area (Å²) in [5.74, 6) is -1.53. The minimum absolute atomic E-state index is 0.0643. The first-order valence-corrected chi connectivity index (χ1v) is 11.9. The summed E-state index contributed by atoms with van der Waals surface area (Å²) >= 11 is 0. The number of aromatic nitrogens is 2. The van der Waals surface area contributed by atoms with Crippen LogP contribution in [0.2, 0.25) is 0 Å². The van der Waals surface area contributed by atoms with Gasteiger partial charge in [0, 0.05) is 29.4 Å². The molecule has 188 valence electrons. The fourth-order valence-corrected chi connectivity index (χ4v) is 4.06. The molecule has 1 aromatic heterocycles. The van der Waals surface area contributed by atoms with Crippen molar-refractivity contribution in [1.29, 1.82) is 0 Å². The van der Waals surface area contributed by atoms with E-state index in [-0.39, 0.29) is 17.9 Å². The van der Waals surface area contributed by atoms with Gasteiger partial charge in [0.25, 0.3) is 11.8 Å². The molecule has 1 unspecified atom stereocenters. The van der Waals surface area contributed by atoms with Crippen molar-refractivity contribution >= 4 is 35.4 Å². The number of carboxylic acids is 1. The SMILES string of the molecule is O=C(NC(Cc1cnc[nH]1)C(=O)O)c1ccc(N2C(=O)/C(=C/c3ccccc3)N=C2c2ccccc2)cc1. The summed E-state index contributed by atoms with van der Waals surface area (Å²) in [7, 11) is 0. The second-order valence-corrected chi connectivity index (χ2v) is 8.57. The maximum Gasteiger partial charge on any atom is 0.326 e. The second kappa shape index (κ2) is 10.8. The topological polar surface area (TPSA) is 128 Å². The molecule has 9 nitrogen and oxygen atoms in total. The number of nitrogens with zero attached hydrogens (tertiary/aromatic N) is 3. The molecule has 0 aliphatic carbocycles. The van der Waals surface area contributed by atoms with Crippen LogP contribution < -0.4 is 10.2 Å². The number of imidazole rings is 1. The summed E-state index contributed by atoms with van der Waals surface area (Å²) in [4.78, 5) is 50.8. The molecule has 1 aliphatic heterocycles. The van der Waals surface area contributed by atoms with Gasteiger partial charge in [0.1, 0.15) is 17.6 Å². The molecular weight excluding hydrogens is 482 g/mol. The van der Waals surface area contributed by atoms with Crippen LogP contribution >= 0.6 is 0 Å². The number of aromatic amines is 1. The van der Waals surface area contributed by atoms with Crippen LogP contribution in [-0.2, 0) is 16.0 Å². The molecule has 3 N–H and O–H groups in total. The van der Waals surface area contributed by atoms with Gasteiger partial charge in [-0.25, -0.2) is 14.8 Å². The van der Waals surface area contributed by atoms with Gasteiger partial charge in [-0.3, -0.25) is 14.5 Å². The third kappa shape index (κ3) is 5.26. The van der Waals surface area contributed by atoms with E-state index in [0.717, 1.165) is 11.1 Å². The van der Waals surface area contributed by atoms with Crippen LogP contribution in [0.3, 0.4) is 0 Å². The third-order valence-electron chi connectivity index (χ3n) is 5.97. The minimum Gasteiger partial charge on any atom is -0.480 e. The zero-order valence-electron chi connectivity index (χ0n) is 20.1. The fourth-order valence-electron chi connectivity index (χ4n) is 4.06. The number of rotatable bonds is 8. The number of aliphatic carboxylic acids is 1. The van der Waals surface area contributed by atoms with Crippen molar-refractivity contribution in [3.05, 3.63) is 126 Å². The lowest BCUT2D eigenvalue weighted by Crippen LogP contribution is -2.42. The predicted octanol–water partition coefficient (Wildman–Crippen LogP) is 3.67. The molecule has 2 heterocycles. The number of benzene rings is 3. The number of H-pyrrole nitrogens is 1. The lowest BCUT2D eigenvalue weighted by Gasteiger charge is -2.19. The number of amidine groups is 1. The molecule has 0 radical (unpaired) electrons. The molecule has 0 saturated carbocycles. The van der Waals surface area contributed by atoms with Gasteiger partial charge in [-0.05, 0) is 35.9 Å². The van der Waals surface area contributed by atoms with E-state index in [1.807, 2.05) is 60.7 Å². The Kier molecular flexibility index (Phi) is 6.90. The molecule has 1 atom stereocenters. The molecule has 38 heavy (non-hydrogen) atoms. The van der Waals surface area contributed by atoms with Gasteiger partial charge in [0.2, 0.25) is 0 Å². The van der Waals surface area contributed by atoms with Crippen LogP contribution in [0.5, 0.6) is 0 Å². The number of hydrogen-bond acceptors (Lipinski definition) is 5. The molecule has 0 bridgehead atoms. The molecular formula is C29H23N5O4. The normalized spacial score (nSPS) is 14.8. The van der Waals surface area contributed by atoms with Gasteiger partial charge in [0.15, 0.2) is 0 Å². The number of carboxylic acid groups (broad SMARTS) is 1. The summed E-state index contributed by atoms with van der Waals surface area (Å²) in [6.45, 7) is 0. The Balaban J connectivity index is 1.40. The highest BCUT2D eigenvalue weighted by Gasteiger charge is 2.32. The maximum atomic E-state index is 13.5. The van der Waals surface area contributed by atoms with E-state index in [1.165, 1.54) is 17.4 Å². The van der Waals surface area contributed by atoms with Crippen LogP contribution in [0, 0.1) is 0 Å². The van der Waals surface area contributed by atoms with E-state index < -0.39 is 17.9 Å².